The number of carbonyl (C=O) groups is 1. The van der Waals surface area contributed by atoms with E-state index >= 15 is 0 Å². The molecular formula is C28H35BrN4O2S. The lowest BCUT2D eigenvalue weighted by molar-refractivity contribution is -0.113. The maximum absolute atomic E-state index is 12.6. The van der Waals surface area contributed by atoms with Crippen molar-refractivity contribution in [2.24, 2.45) is 0 Å². The zero-order valence-electron chi connectivity index (χ0n) is 21.7. The summed E-state index contributed by atoms with van der Waals surface area (Å²) in [6, 6.07) is 10.1. The lowest BCUT2D eigenvalue weighted by Gasteiger charge is -2.15. The minimum absolute atomic E-state index is 0.0672. The maximum atomic E-state index is 12.6. The number of nitrogens with zero attached hydrogens (tertiary/aromatic N) is 3. The zero-order valence-corrected chi connectivity index (χ0v) is 24.1. The minimum atomic E-state index is -0.0672. The molecule has 0 aliphatic rings. The fourth-order valence-electron chi connectivity index (χ4n) is 3.80. The van der Waals surface area contributed by atoms with Gasteiger partial charge in [-0.3, -0.25) is 4.79 Å². The van der Waals surface area contributed by atoms with E-state index in [0.29, 0.717) is 24.2 Å². The summed E-state index contributed by atoms with van der Waals surface area (Å²) in [5, 5.41) is 12.4. The summed E-state index contributed by atoms with van der Waals surface area (Å²) in [7, 11) is 0. The van der Waals surface area contributed by atoms with E-state index in [4.69, 9.17) is 4.74 Å². The highest BCUT2D eigenvalue weighted by Crippen LogP contribution is 2.32. The molecule has 0 saturated carbocycles. The van der Waals surface area contributed by atoms with Gasteiger partial charge in [0.15, 0.2) is 5.16 Å². The molecule has 0 fully saturated rings. The number of thioether (sulfide) groups is 1. The van der Waals surface area contributed by atoms with E-state index < -0.39 is 0 Å². The molecule has 8 heteroatoms. The van der Waals surface area contributed by atoms with Crippen LogP contribution in [0.4, 0.5) is 5.69 Å². The number of anilines is 1. The van der Waals surface area contributed by atoms with Crippen LogP contribution in [0.2, 0.25) is 0 Å². The molecule has 0 aliphatic carbocycles. The Morgan fingerprint density at radius 1 is 1.22 bits per heavy atom. The normalized spacial score (nSPS) is 11.1. The molecule has 0 radical (unpaired) electrons. The average molecular weight is 572 g/mol. The van der Waals surface area contributed by atoms with Gasteiger partial charge in [-0.25, -0.2) is 0 Å². The predicted molar refractivity (Wildman–Crippen MR) is 152 cm³/mol. The van der Waals surface area contributed by atoms with Crippen molar-refractivity contribution in [1.82, 2.24) is 14.8 Å². The van der Waals surface area contributed by atoms with Crippen molar-refractivity contribution in [2.75, 3.05) is 17.7 Å². The molecule has 1 N–H and O–H groups in total. The molecule has 1 aromatic heterocycles. The summed E-state index contributed by atoms with van der Waals surface area (Å²) >= 11 is 5.04. The molecule has 3 rings (SSSR count). The van der Waals surface area contributed by atoms with Crippen molar-refractivity contribution in [3.63, 3.8) is 0 Å². The highest BCUT2D eigenvalue weighted by Gasteiger charge is 2.15. The molecule has 192 valence electrons. The Labute approximate surface area is 227 Å². The Hall–Kier alpha value is -2.58. The second-order valence-corrected chi connectivity index (χ2v) is 10.9. The summed E-state index contributed by atoms with van der Waals surface area (Å²) < 4.78 is 9.24. The van der Waals surface area contributed by atoms with Crippen molar-refractivity contribution >= 4 is 39.3 Å². The molecule has 0 unspecified atom stereocenters. The Morgan fingerprint density at radius 2 is 2.00 bits per heavy atom. The second-order valence-electron chi connectivity index (χ2n) is 9.13. The van der Waals surface area contributed by atoms with Gasteiger partial charge in [-0.1, -0.05) is 59.7 Å². The summed E-state index contributed by atoms with van der Waals surface area (Å²) in [5.41, 5.74) is 5.42. The fourth-order valence-corrected chi connectivity index (χ4v) is 5.49. The molecule has 3 aromatic rings. The van der Waals surface area contributed by atoms with Gasteiger partial charge in [-0.15, -0.1) is 16.8 Å². The fraction of sp³-hybridized carbons (Fsp3) is 0.393. The van der Waals surface area contributed by atoms with Crippen LogP contribution >= 0.6 is 27.7 Å². The lowest BCUT2D eigenvalue weighted by Crippen LogP contribution is -2.16. The van der Waals surface area contributed by atoms with Crippen molar-refractivity contribution < 1.29 is 9.53 Å². The molecule has 0 spiro atoms. The Bertz CT molecular complexity index is 1220. The SMILES string of the molecule is C=CCn1c(CCCOc2cc(C(C)C)c(Br)cc2C)nnc1SCC(=O)Nc1cccc(C)c1C. The number of amides is 1. The molecule has 2 aromatic carbocycles. The standard InChI is InChI=1S/C28H35BrN4O2S/c1-7-13-33-26(12-9-14-35-25-16-22(18(2)3)23(29)15-20(25)5)31-32-28(33)36-17-27(34)30-24-11-8-10-19(4)21(24)6/h7-8,10-11,15-16,18H,1,9,12-14,17H2,2-6H3,(H,30,34). The van der Waals surface area contributed by atoms with Gasteiger partial charge in [-0.2, -0.15) is 0 Å². The van der Waals surface area contributed by atoms with Crippen LogP contribution in [-0.4, -0.2) is 33.0 Å². The number of allylic oxidation sites excluding steroid dienone is 1. The molecular weight excluding hydrogens is 536 g/mol. The van der Waals surface area contributed by atoms with Crippen LogP contribution < -0.4 is 10.1 Å². The first-order valence-corrected chi connectivity index (χ1v) is 13.9. The number of ether oxygens (including phenoxy) is 1. The number of aromatic nitrogens is 3. The van der Waals surface area contributed by atoms with E-state index in [1.165, 1.54) is 17.3 Å². The lowest BCUT2D eigenvalue weighted by atomic mass is 10.0. The van der Waals surface area contributed by atoms with Gasteiger partial charge < -0.3 is 14.6 Å². The molecule has 0 saturated heterocycles. The molecule has 1 heterocycles. The first-order valence-electron chi connectivity index (χ1n) is 12.2. The van der Waals surface area contributed by atoms with Crippen LogP contribution in [0.5, 0.6) is 5.75 Å². The van der Waals surface area contributed by atoms with Crippen LogP contribution in [0.3, 0.4) is 0 Å². The molecule has 0 atom stereocenters. The topological polar surface area (TPSA) is 69.0 Å². The molecule has 0 bridgehead atoms. The maximum Gasteiger partial charge on any atom is 0.234 e. The quantitative estimate of drug-likeness (QED) is 0.144. The van der Waals surface area contributed by atoms with Gasteiger partial charge in [0.1, 0.15) is 11.6 Å². The first-order chi connectivity index (χ1) is 17.2. The number of halogens is 1. The van der Waals surface area contributed by atoms with Crippen molar-refractivity contribution in [1.29, 1.82) is 0 Å². The van der Waals surface area contributed by atoms with Crippen molar-refractivity contribution in [3.05, 3.63) is 75.5 Å². The summed E-state index contributed by atoms with van der Waals surface area (Å²) in [5.74, 6) is 2.39. The monoisotopic (exact) mass is 570 g/mol. The summed E-state index contributed by atoms with van der Waals surface area (Å²) in [6.45, 7) is 15.5. The molecule has 0 aliphatic heterocycles. The predicted octanol–water partition coefficient (Wildman–Crippen LogP) is 7.02. The van der Waals surface area contributed by atoms with Gasteiger partial charge >= 0.3 is 0 Å². The number of nitrogens with one attached hydrogen (secondary N) is 1. The Morgan fingerprint density at radius 3 is 2.72 bits per heavy atom. The van der Waals surface area contributed by atoms with Gasteiger partial charge in [0, 0.05) is 23.1 Å². The highest BCUT2D eigenvalue weighted by molar-refractivity contribution is 9.10. The van der Waals surface area contributed by atoms with Crippen LogP contribution in [-0.2, 0) is 17.8 Å². The van der Waals surface area contributed by atoms with E-state index in [1.807, 2.05) is 42.7 Å². The van der Waals surface area contributed by atoms with E-state index in [1.54, 1.807) is 0 Å². The Balaban J connectivity index is 1.56. The van der Waals surface area contributed by atoms with Crippen LogP contribution in [0.1, 0.15) is 54.3 Å². The number of aryl methyl sites for hydroxylation is 3. The van der Waals surface area contributed by atoms with Crippen LogP contribution in [0.25, 0.3) is 0 Å². The van der Waals surface area contributed by atoms with Gasteiger partial charge in [0.05, 0.1) is 12.4 Å². The number of carbonyl (C=O) groups excluding carboxylic acids is 1. The number of rotatable bonds is 12. The smallest absolute Gasteiger partial charge is 0.234 e. The molecule has 36 heavy (non-hydrogen) atoms. The largest absolute Gasteiger partial charge is 0.493 e. The van der Waals surface area contributed by atoms with Gasteiger partial charge in [-0.05, 0) is 73.6 Å². The Kier molecular flexibility index (Phi) is 10.2. The third kappa shape index (κ3) is 7.23. The second kappa shape index (κ2) is 13.1. The number of benzene rings is 2. The highest BCUT2D eigenvalue weighted by atomic mass is 79.9. The van der Waals surface area contributed by atoms with Gasteiger partial charge in [0.25, 0.3) is 0 Å². The van der Waals surface area contributed by atoms with E-state index in [9.17, 15) is 4.79 Å². The summed E-state index contributed by atoms with van der Waals surface area (Å²) in [6.07, 6.45) is 3.35. The molecule has 6 nitrogen and oxygen atoms in total. The number of hydrogen-bond donors (Lipinski definition) is 1. The zero-order chi connectivity index (χ0) is 26.2. The first kappa shape index (κ1) is 28.0. The van der Waals surface area contributed by atoms with E-state index in [2.05, 4.69) is 70.9 Å². The third-order valence-electron chi connectivity index (χ3n) is 6.03. The van der Waals surface area contributed by atoms with Crippen LogP contribution in [0.15, 0.2) is 52.6 Å². The minimum Gasteiger partial charge on any atom is -0.493 e. The number of hydrogen-bond acceptors (Lipinski definition) is 5. The average Bonchev–Trinajstić information content (AvgIpc) is 3.21. The van der Waals surface area contributed by atoms with Crippen LogP contribution in [0, 0.1) is 20.8 Å². The van der Waals surface area contributed by atoms with Crippen molar-refractivity contribution in [3.8, 4) is 5.75 Å². The van der Waals surface area contributed by atoms with Crippen molar-refractivity contribution in [2.45, 2.75) is 65.1 Å². The van der Waals surface area contributed by atoms with E-state index in [-0.39, 0.29) is 11.7 Å². The molecule has 1 amide bonds. The summed E-state index contributed by atoms with van der Waals surface area (Å²) in [4.78, 5) is 12.6. The third-order valence-corrected chi connectivity index (χ3v) is 7.69. The van der Waals surface area contributed by atoms with Gasteiger partial charge in [0.2, 0.25) is 5.91 Å². The van der Waals surface area contributed by atoms with E-state index in [0.717, 1.165) is 51.3 Å².